The van der Waals surface area contributed by atoms with E-state index in [4.69, 9.17) is 0 Å². The Labute approximate surface area is 70.7 Å². The van der Waals surface area contributed by atoms with Crippen molar-refractivity contribution in [1.29, 1.82) is 0 Å². The first-order valence-electron chi connectivity index (χ1n) is 3.86. The predicted molar refractivity (Wildman–Crippen MR) is 48.3 cm³/mol. The minimum absolute atomic E-state index is 0.161. The van der Waals surface area contributed by atoms with Crippen LogP contribution in [-0.4, -0.2) is 8.96 Å². The van der Waals surface area contributed by atoms with Crippen molar-refractivity contribution in [3.63, 3.8) is 0 Å². The van der Waals surface area contributed by atoms with E-state index in [2.05, 4.69) is 4.72 Å². The molecule has 0 aromatic rings. The van der Waals surface area contributed by atoms with Crippen molar-refractivity contribution >= 4 is 11.0 Å². The first-order chi connectivity index (χ1) is 5.00. The van der Waals surface area contributed by atoms with E-state index in [-0.39, 0.29) is 4.75 Å². The molecule has 0 bridgehead atoms. The molecule has 11 heavy (non-hydrogen) atoms. The molecule has 0 aromatic heterocycles. The topological polar surface area (TPSA) is 29.1 Å². The molecule has 0 radical (unpaired) electrons. The second-order valence-corrected chi connectivity index (χ2v) is 5.80. The fourth-order valence-corrected chi connectivity index (χ4v) is 1.16. The molecule has 1 aliphatic rings. The van der Waals surface area contributed by atoms with Gasteiger partial charge in [-0.15, -0.1) is 0 Å². The number of rotatable bonds is 2. The van der Waals surface area contributed by atoms with Gasteiger partial charge in [-0.3, -0.25) is 0 Å². The molecule has 1 unspecified atom stereocenters. The summed E-state index contributed by atoms with van der Waals surface area (Å²) in [6.07, 6.45) is 4.24. The van der Waals surface area contributed by atoms with Crippen LogP contribution in [0.2, 0.25) is 0 Å². The second kappa shape index (κ2) is 2.97. The highest BCUT2D eigenvalue weighted by Crippen LogP contribution is 2.26. The molecular formula is C8H15NOS. The largest absolute Gasteiger partial charge is 0.312 e. The highest BCUT2D eigenvalue weighted by molar-refractivity contribution is 7.84. The van der Waals surface area contributed by atoms with Crippen LogP contribution in [0.15, 0.2) is 11.8 Å². The Morgan fingerprint density at radius 1 is 1.45 bits per heavy atom. The molecule has 0 aliphatic heterocycles. The van der Waals surface area contributed by atoms with Gasteiger partial charge < -0.3 is 4.72 Å². The zero-order valence-corrected chi connectivity index (χ0v) is 8.12. The van der Waals surface area contributed by atoms with E-state index in [9.17, 15) is 4.21 Å². The van der Waals surface area contributed by atoms with Gasteiger partial charge in [0.05, 0.1) is 4.75 Å². The van der Waals surface area contributed by atoms with Gasteiger partial charge in [0.1, 0.15) is 11.0 Å². The molecule has 1 atom stereocenters. The van der Waals surface area contributed by atoms with Crippen molar-refractivity contribution in [2.24, 2.45) is 0 Å². The van der Waals surface area contributed by atoms with Gasteiger partial charge in [0.15, 0.2) is 0 Å². The lowest BCUT2D eigenvalue weighted by Gasteiger charge is -2.16. The van der Waals surface area contributed by atoms with Crippen molar-refractivity contribution in [2.45, 2.75) is 38.4 Å². The average Bonchev–Trinajstić information content (AvgIpc) is 2.62. The van der Waals surface area contributed by atoms with Crippen LogP contribution >= 0.6 is 0 Å². The SMILES string of the molecule is CC(C)(C)S(=O)NC=C1CC1. The minimum atomic E-state index is -0.944. The number of allylic oxidation sites excluding steroid dienone is 1. The maximum absolute atomic E-state index is 11.4. The third kappa shape index (κ3) is 3.06. The van der Waals surface area contributed by atoms with Gasteiger partial charge in [-0.2, -0.15) is 0 Å². The molecule has 0 heterocycles. The minimum Gasteiger partial charge on any atom is -0.312 e. The molecule has 2 nitrogen and oxygen atoms in total. The predicted octanol–water partition coefficient (Wildman–Crippen LogP) is 1.72. The van der Waals surface area contributed by atoms with Crippen LogP contribution in [0.4, 0.5) is 0 Å². The molecule has 0 amide bonds. The van der Waals surface area contributed by atoms with Crippen molar-refractivity contribution in [3.8, 4) is 0 Å². The van der Waals surface area contributed by atoms with E-state index in [1.165, 1.54) is 18.4 Å². The highest BCUT2D eigenvalue weighted by Gasteiger charge is 2.19. The van der Waals surface area contributed by atoms with Crippen LogP contribution in [0.25, 0.3) is 0 Å². The molecule has 0 spiro atoms. The van der Waals surface area contributed by atoms with Gasteiger partial charge in [0.25, 0.3) is 0 Å². The maximum atomic E-state index is 11.4. The fraction of sp³-hybridized carbons (Fsp3) is 0.750. The van der Waals surface area contributed by atoms with Gasteiger partial charge >= 0.3 is 0 Å². The normalized spacial score (nSPS) is 19.4. The lowest BCUT2D eigenvalue weighted by Crippen LogP contribution is -2.30. The summed E-state index contributed by atoms with van der Waals surface area (Å²) in [7, 11) is -0.944. The van der Waals surface area contributed by atoms with E-state index in [0.29, 0.717) is 0 Å². The quantitative estimate of drug-likeness (QED) is 0.677. The van der Waals surface area contributed by atoms with Gasteiger partial charge in [-0.25, -0.2) is 4.21 Å². The Bertz CT molecular complexity index is 197. The molecule has 0 saturated heterocycles. The van der Waals surface area contributed by atoms with Crippen LogP contribution in [0.1, 0.15) is 33.6 Å². The van der Waals surface area contributed by atoms with Crippen molar-refractivity contribution in [1.82, 2.24) is 4.72 Å². The number of nitrogens with one attached hydrogen (secondary N) is 1. The lowest BCUT2D eigenvalue weighted by atomic mass is 10.3. The Hall–Kier alpha value is -0.310. The summed E-state index contributed by atoms with van der Waals surface area (Å²) in [5.74, 6) is 0. The summed E-state index contributed by atoms with van der Waals surface area (Å²) in [5.41, 5.74) is 1.38. The molecule has 1 rings (SSSR count). The van der Waals surface area contributed by atoms with E-state index < -0.39 is 11.0 Å². The Morgan fingerprint density at radius 3 is 2.36 bits per heavy atom. The summed E-state index contributed by atoms with van der Waals surface area (Å²) in [6.45, 7) is 5.88. The van der Waals surface area contributed by atoms with Gasteiger partial charge in [0, 0.05) is 6.20 Å². The summed E-state index contributed by atoms with van der Waals surface area (Å²) in [4.78, 5) is 0. The first kappa shape index (κ1) is 8.78. The Morgan fingerprint density at radius 2 is 2.00 bits per heavy atom. The Balaban J connectivity index is 2.37. The molecule has 64 valence electrons. The summed E-state index contributed by atoms with van der Waals surface area (Å²) in [5, 5.41) is 0. The second-order valence-electron chi connectivity index (χ2n) is 3.80. The molecule has 1 N–H and O–H groups in total. The smallest absolute Gasteiger partial charge is 0.122 e. The standard InChI is InChI=1S/C8H15NOS/c1-8(2,3)11(10)9-6-7-4-5-7/h6,9H,4-5H2,1-3H3. The fourth-order valence-electron chi connectivity index (χ4n) is 0.530. The number of hydrogen-bond acceptors (Lipinski definition) is 1. The van der Waals surface area contributed by atoms with Gasteiger partial charge in [0.2, 0.25) is 0 Å². The van der Waals surface area contributed by atoms with E-state index >= 15 is 0 Å². The van der Waals surface area contributed by atoms with Crippen molar-refractivity contribution < 1.29 is 4.21 Å². The maximum Gasteiger partial charge on any atom is 0.122 e. The summed E-state index contributed by atoms with van der Waals surface area (Å²) >= 11 is 0. The molecule has 1 aliphatic carbocycles. The summed E-state index contributed by atoms with van der Waals surface area (Å²) in [6, 6.07) is 0. The highest BCUT2D eigenvalue weighted by atomic mass is 32.2. The van der Waals surface area contributed by atoms with Gasteiger partial charge in [-0.1, -0.05) is 5.57 Å². The zero-order chi connectivity index (χ0) is 8.48. The first-order valence-corrected chi connectivity index (χ1v) is 5.01. The van der Waals surface area contributed by atoms with Crippen molar-refractivity contribution in [3.05, 3.63) is 11.8 Å². The monoisotopic (exact) mass is 173 g/mol. The average molecular weight is 173 g/mol. The van der Waals surface area contributed by atoms with Crippen LogP contribution in [0, 0.1) is 0 Å². The lowest BCUT2D eigenvalue weighted by molar-refractivity contribution is 0.644. The molecule has 1 saturated carbocycles. The number of hydrogen-bond donors (Lipinski definition) is 1. The van der Waals surface area contributed by atoms with Crippen LogP contribution in [0.5, 0.6) is 0 Å². The third-order valence-electron chi connectivity index (χ3n) is 1.46. The molecular weight excluding hydrogens is 158 g/mol. The Kier molecular flexibility index (Phi) is 2.37. The van der Waals surface area contributed by atoms with E-state index in [0.717, 1.165) is 0 Å². The zero-order valence-electron chi connectivity index (χ0n) is 7.31. The van der Waals surface area contributed by atoms with E-state index in [1.807, 2.05) is 27.0 Å². The molecule has 1 fully saturated rings. The van der Waals surface area contributed by atoms with Crippen LogP contribution in [-0.2, 0) is 11.0 Å². The van der Waals surface area contributed by atoms with Crippen molar-refractivity contribution in [2.75, 3.05) is 0 Å². The van der Waals surface area contributed by atoms with Crippen LogP contribution in [0.3, 0.4) is 0 Å². The van der Waals surface area contributed by atoms with Gasteiger partial charge in [-0.05, 0) is 33.6 Å². The van der Waals surface area contributed by atoms with E-state index in [1.54, 1.807) is 0 Å². The summed E-state index contributed by atoms with van der Waals surface area (Å²) < 4.78 is 14.1. The molecule has 3 heteroatoms. The molecule has 0 aromatic carbocycles. The van der Waals surface area contributed by atoms with Crippen LogP contribution < -0.4 is 4.72 Å². The third-order valence-corrected chi connectivity index (χ3v) is 2.91.